The smallest absolute Gasteiger partial charge is 0.223 e. The number of nitrogens with zero attached hydrogens (tertiary/aromatic N) is 4. The van der Waals surface area contributed by atoms with Gasteiger partial charge in [0, 0.05) is 18.5 Å². The molecule has 0 spiro atoms. The highest BCUT2D eigenvalue weighted by Crippen LogP contribution is 2.41. The first-order valence-corrected chi connectivity index (χ1v) is 8.98. The highest BCUT2D eigenvalue weighted by atomic mass is 16.2. The molecule has 1 saturated carbocycles. The molecule has 2 atom stereocenters. The van der Waals surface area contributed by atoms with E-state index in [0.29, 0.717) is 30.0 Å². The van der Waals surface area contributed by atoms with Gasteiger partial charge in [0.25, 0.3) is 0 Å². The second kappa shape index (κ2) is 6.01. The largest absolute Gasteiger partial charge is 0.337 e. The minimum absolute atomic E-state index is 0.381. The lowest BCUT2D eigenvalue weighted by molar-refractivity contribution is -0.137. The third kappa shape index (κ3) is 2.66. The van der Waals surface area contributed by atoms with Crippen LogP contribution < -0.4 is 0 Å². The minimum Gasteiger partial charge on any atom is -0.337 e. The van der Waals surface area contributed by atoms with Crippen molar-refractivity contribution in [2.75, 3.05) is 0 Å². The third-order valence-electron chi connectivity index (χ3n) is 5.95. The predicted octanol–water partition coefficient (Wildman–Crippen LogP) is 2.94. The van der Waals surface area contributed by atoms with Crippen molar-refractivity contribution in [2.45, 2.75) is 82.3 Å². The van der Waals surface area contributed by atoms with E-state index in [-0.39, 0.29) is 0 Å². The number of hydrogen-bond donors (Lipinski definition) is 0. The SMILES string of the molecule is O=C(CC1CCCCC1)N1C2CCC1CC(n1nccn1)C2. The standard InChI is InChI=1S/C17H26N4O/c22-17(10-13-4-2-1-3-5-13)20-14-6-7-15(20)12-16(11-14)21-18-8-9-19-21/h8-9,13-16H,1-7,10-12H2. The Bertz CT molecular complexity index is 495. The normalized spacial score (nSPS) is 32.4. The lowest BCUT2D eigenvalue weighted by atomic mass is 9.86. The Morgan fingerprint density at radius 2 is 1.55 bits per heavy atom. The van der Waals surface area contributed by atoms with Gasteiger partial charge in [0.05, 0.1) is 18.4 Å². The van der Waals surface area contributed by atoms with Gasteiger partial charge in [-0.1, -0.05) is 19.3 Å². The lowest BCUT2D eigenvalue weighted by Gasteiger charge is -2.39. The lowest BCUT2D eigenvalue weighted by Crippen LogP contribution is -2.47. The Labute approximate surface area is 132 Å². The first kappa shape index (κ1) is 14.2. The van der Waals surface area contributed by atoms with Crippen LogP contribution in [-0.2, 0) is 4.79 Å². The Kier molecular flexibility index (Phi) is 3.89. The zero-order chi connectivity index (χ0) is 14.9. The van der Waals surface area contributed by atoms with Gasteiger partial charge in [0.15, 0.2) is 0 Å². The van der Waals surface area contributed by atoms with Crippen LogP contribution in [0.25, 0.3) is 0 Å². The third-order valence-corrected chi connectivity index (χ3v) is 5.95. The Balaban J connectivity index is 1.40. The van der Waals surface area contributed by atoms with E-state index in [1.165, 1.54) is 44.9 Å². The molecule has 3 heterocycles. The van der Waals surface area contributed by atoms with E-state index in [2.05, 4.69) is 15.1 Å². The molecular weight excluding hydrogens is 276 g/mol. The van der Waals surface area contributed by atoms with Gasteiger partial charge in [-0.2, -0.15) is 15.0 Å². The van der Waals surface area contributed by atoms with Crippen LogP contribution in [0.5, 0.6) is 0 Å². The molecule has 1 aliphatic carbocycles. The second-order valence-corrected chi connectivity index (χ2v) is 7.37. The molecule has 2 saturated heterocycles. The molecule has 0 radical (unpaired) electrons. The molecule has 3 fully saturated rings. The molecule has 2 aliphatic heterocycles. The first-order chi connectivity index (χ1) is 10.8. The van der Waals surface area contributed by atoms with Gasteiger partial charge in [-0.25, -0.2) is 0 Å². The van der Waals surface area contributed by atoms with Crippen LogP contribution in [0.15, 0.2) is 12.4 Å². The Hall–Kier alpha value is -1.39. The average molecular weight is 302 g/mol. The first-order valence-electron chi connectivity index (χ1n) is 8.98. The number of amides is 1. The molecule has 0 aromatic carbocycles. The molecule has 1 amide bonds. The van der Waals surface area contributed by atoms with E-state index in [4.69, 9.17) is 0 Å². The van der Waals surface area contributed by atoms with Crippen molar-refractivity contribution in [3.05, 3.63) is 12.4 Å². The van der Waals surface area contributed by atoms with E-state index in [9.17, 15) is 4.79 Å². The number of carbonyl (C=O) groups is 1. The zero-order valence-electron chi connectivity index (χ0n) is 13.2. The topological polar surface area (TPSA) is 51.0 Å². The Morgan fingerprint density at radius 1 is 0.909 bits per heavy atom. The van der Waals surface area contributed by atoms with Crippen molar-refractivity contribution in [1.82, 2.24) is 19.9 Å². The van der Waals surface area contributed by atoms with Crippen LogP contribution in [0.3, 0.4) is 0 Å². The van der Waals surface area contributed by atoms with Gasteiger partial charge in [-0.15, -0.1) is 0 Å². The van der Waals surface area contributed by atoms with Crippen molar-refractivity contribution >= 4 is 5.91 Å². The number of carbonyl (C=O) groups excluding carboxylic acids is 1. The van der Waals surface area contributed by atoms with E-state index in [1.54, 1.807) is 12.4 Å². The van der Waals surface area contributed by atoms with Crippen molar-refractivity contribution in [3.63, 3.8) is 0 Å². The van der Waals surface area contributed by atoms with Crippen LogP contribution in [0.2, 0.25) is 0 Å². The average Bonchev–Trinajstić information content (AvgIpc) is 3.15. The molecule has 1 aromatic heterocycles. The minimum atomic E-state index is 0.381. The molecule has 4 rings (SSSR count). The summed E-state index contributed by atoms with van der Waals surface area (Å²) in [7, 11) is 0. The summed E-state index contributed by atoms with van der Waals surface area (Å²) in [6.07, 6.45) is 15.2. The van der Waals surface area contributed by atoms with Crippen LogP contribution >= 0.6 is 0 Å². The summed E-state index contributed by atoms with van der Waals surface area (Å²) in [6.45, 7) is 0. The van der Waals surface area contributed by atoms with Gasteiger partial charge in [0.2, 0.25) is 5.91 Å². The van der Waals surface area contributed by atoms with Crippen LogP contribution in [0.1, 0.15) is 70.3 Å². The summed E-state index contributed by atoms with van der Waals surface area (Å²) >= 11 is 0. The fourth-order valence-electron chi connectivity index (χ4n) is 4.90. The van der Waals surface area contributed by atoms with Crippen molar-refractivity contribution < 1.29 is 4.79 Å². The number of aromatic nitrogens is 3. The molecule has 22 heavy (non-hydrogen) atoms. The molecular formula is C17H26N4O. The van der Waals surface area contributed by atoms with Gasteiger partial charge in [-0.05, 0) is 44.4 Å². The maximum absolute atomic E-state index is 12.8. The van der Waals surface area contributed by atoms with E-state index in [1.807, 2.05) is 4.80 Å². The van der Waals surface area contributed by atoms with E-state index >= 15 is 0 Å². The van der Waals surface area contributed by atoms with Gasteiger partial charge in [-0.3, -0.25) is 4.79 Å². The molecule has 2 unspecified atom stereocenters. The number of piperidine rings is 1. The molecule has 0 N–H and O–H groups in total. The molecule has 1 aromatic rings. The summed E-state index contributed by atoms with van der Waals surface area (Å²) in [6, 6.07) is 1.22. The fourth-order valence-corrected chi connectivity index (χ4v) is 4.90. The maximum Gasteiger partial charge on any atom is 0.223 e. The second-order valence-electron chi connectivity index (χ2n) is 7.37. The molecule has 2 bridgehead atoms. The van der Waals surface area contributed by atoms with Crippen molar-refractivity contribution in [1.29, 1.82) is 0 Å². The zero-order valence-corrected chi connectivity index (χ0v) is 13.2. The van der Waals surface area contributed by atoms with Crippen LogP contribution in [-0.4, -0.2) is 37.9 Å². The molecule has 120 valence electrons. The predicted molar refractivity (Wildman–Crippen MR) is 83.1 cm³/mol. The number of fused-ring (bicyclic) bond motifs is 2. The highest BCUT2D eigenvalue weighted by molar-refractivity contribution is 5.77. The van der Waals surface area contributed by atoms with Gasteiger partial charge >= 0.3 is 0 Å². The quantitative estimate of drug-likeness (QED) is 0.862. The molecule has 3 aliphatic rings. The number of hydrogen-bond acceptors (Lipinski definition) is 3. The summed E-state index contributed by atoms with van der Waals surface area (Å²) < 4.78 is 0. The summed E-state index contributed by atoms with van der Waals surface area (Å²) in [5, 5.41) is 8.60. The van der Waals surface area contributed by atoms with E-state index in [0.717, 1.165) is 19.3 Å². The highest BCUT2D eigenvalue weighted by Gasteiger charge is 2.44. The summed E-state index contributed by atoms with van der Waals surface area (Å²) in [4.78, 5) is 16.9. The van der Waals surface area contributed by atoms with Crippen LogP contribution in [0, 0.1) is 5.92 Å². The molecule has 5 heteroatoms. The maximum atomic E-state index is 12.8. The fraction of sp³-hybridized carbons (Fsp3) is 0.824. The number of rotatable bonds is 3. The molecule has 5 nitrogen and oxygen atoms in total. The summed E-state index contributed by atoms with van der Waals surface area (Å²) in [5.41, 5.74) is 0. The van der Waals surface area contributed by atoms with Crippen molar-refractivity contribution in [2.24, 2.45) is 5.92 Å². The van der Waals surface area contributed by atoms with Crippen LogP contribution in [0.4, 0.5) is 0 Å². The van der Waals surface area contributed by atoms with Gasteiger partial charge < -0.3 is 4.90 Å². The van der Waals surface area contributed by atoms with Gasteiger partial charge in [0.1, 0.15) is 0 Å². The summed E-state index contributed by atoms with van der Waals surface area (Å²) in [5.74, 6) is 1.07. The monoisotopic (exact) mass is 302 g/mol. The van der Waals surface area contributed by atoms with Crippen molar-refractivity contribution in [3.8, 4) is 0 Å². The Morgan fingerprint density at radius 3 is 2.18 bits per heavy atom. The van der Waals surface area contributed by atoms with E-state index < -0.39 is 0 Å².